The van der Waals surface area contributed by atoms with E-state index < -0.39 is 0 Å². The summed E-state index contributed by atoms with van der Waals surface area (Å²) in [5, 5.41) is 0. The minimum atomic E-state index is 0.0371. The molecule has 0 amide bonds. The van der Waals surface area contributed by atoms with Gasteiger partial charge in [-0.25, -0.2) is 0 Å². The summed E-state index contributed by atoms with van der Waals surface area (Å²) in [7, 11) is 0. The molecule has 0 aromatic heterocycles. The van der Waals surface area contributed by atoms with Gasteiger partial charge in [-0.1, -0.05) is 13.8 Å². The second-order valence-corrected chi connectivity index (χ2v) is 5.64. The third-order valence-corrected chi connectivity index (χ3v) is 3.67. The Morgan fingerprint density at radius 2 is 2.11 bits per heavy atom. The number of fused-ring (bicyclic) bond motifs is 1. The topological polar surface area (TPSA) is 61.6 Å². The van der Waals surface area contributed by atoms with Gasteiger partial charge < -0.3 is 15.2 Å². The highest BCUT2D eigenvalue weighted by molar-refractivity contribution is 9.10. The third kappa shape index (κ3) is 2.77. The van der Waals surface area contributed by atoms with Gasteiger partial charge >= 0.3 is 0 Å². The molecule has 0 saturated carbocycles. The van der Waals surface area contributed by atoms with Crippen molar-refractivity contribution in [3.8, 4) is 11.5 Å². The van der Waals surface area contributed by atoms with E-state index in [0.29, 0.717) is 43.2 Å². The maximum atomic E-state index is 12.3. The zero-order valence-electron chi connectivity index (χ0n) is 11.2. The van der Waals surface area contributed by atoms with Crippen LogP contribution in [0.4, 0.5) is 0 Å². The zero-order chi connectivity index (χ0) is 14.0. The Kier molecular flexibility index (Phi) is 4.47. The van der Waals surface area contributed by atoms with E-state index >= 15 is 0 Å². The Labute approximate surface area is 121 Å². The van der Waals surface area contributed by atoms with E-state index in [1.165, 1.54) is 0 Å². The van der Waals surface area contributed by atoms with Gasteiger partial charge in [0.05, 0.1) is 0 Å². The van der Waals surface area contributed by atoms with Crippen LogP contribution >= 0.6 is 15.9 Å². The Morgan fingerprint density at radius 1 is 1.42 bits per heavy atom. The van der Waals surface area contributed by atoms with Crippen molar-refractivity contribution in [2.45, 2.75) is 26.2 Å². The summed E-state index contributed by atoms with van der Waals surface area (Å²) in [6.45, 7) is 5.47. The van der Waals surface area contributed by atoms with E-state index in [1.807, 2.05) is 19.9 Å². The summed E-state index contributed by atoms with van der Waals surface area (Å²) in [6, 6.07) is 1.81. The summed E-state index contributed by atoms with van der Waals surface area (Å²) in [5.74, 6) is 1.61. The Morgan fingerprint density at radius 3 is 2.74 bits per heavy atom. The molecule has 1 aliphatic rings. The lowest BCUT2D eigenvalue weighted by molar-refractivity contribution is 0.0981. The van der Waals surface area contributed by atoms with Crippen LogP contribution in [0.5, 0.6) is 11.5 Å². The number of ketones is 1. The molecule has 1 aliphatic heterocycles. The van der Waals surface area contributed by atoms with Crippen LogP contribution in [0.2, 0.25) is 0 Å². The Balaban J connectivity index is 2.61. The number of ether oxygens (including phenoxy) is 2. The molecule has 0 spiro atoms. The maximum Gasteiger partial charge on any atom is 0.165 e. The van der Waals surface area contributed by atoms with Gasteiger partial charge in [-0.3, -0.25) is 4.79 Å². The standard InChI is InChI=1S/C14H18BrNO3/c1-8(2)12-13(10(17)3-4-16)9(15)7-11-14(12)19-6-5-18-11/h7-8H,3-6,16H2,1-2H3. The third-order valence-electron chi connectivity index (χ3n) is 3.05. The molecule has 0 unspecified atom stereocenters. The van der Waals surface area contributed by atoms with Crippen molar-refractivity contribution in [2.24, 2.45) is 5.73 Å². The van der Waals surface area contributed by atoms with Crippen LogP contribution in [0, 0.1) is 0 Å². The smallest absolute Gasteiger partial charge is 0.165 e. The molecule has 2 rings (SSSR count). The molecule has 1 aromatic carbocycles. The Hall–Kier alpha value is -1.07. The summed E-state index contributed by atoms with van der Waals surface area (Å²) >= 11 is 3.47. The van der Waals surface area contributed by atoms with Gasteiger partial charge in [0, 0.05) is 22.0 Å². The highest BCUT2D eigenvalue weighted by Crippen LogP contribution is 2.43. The predicted molar refractivity (Wildman–Crippen MR) is 77.2 cm³/mol. The van der Waals surface area contributed by atoms with Gasteiger partial charge in [0.1, 0.15) is 13.2 Å². The van der Waals surface area contributed by atoms with E-state index in [9.17, 15) is 4.79 Å². The first-order valence-corrected chi connectivity index (χ1v) is 7.20. The van der Waals surface area contributed by atoms with Gasteiger partial charge in [-0.2, -0.15) is 0 Å². The first kappa shape index (κ1) is 14.3. The van der Waals surface area contributed by atoms with Crippen molar-refractivity contribution in [2.75, 3.05) is 19.8 Å². The van der Waals surface area contributed by atoms with Gasteiger partial charge in [0.25, 0.3) is 0 Å². The lowest BCUT2D eigenvalue weighted by atomic mass is 9.92. The molecule has 5 heteroatoms. The second kappa shape index (κ2) is 5.92. The van der Waals surface area contributed by atoms with E-state index in [-0.39, 0.29) is 11.7 Å². The number of hydrogen-bond donors (Lipinski definition) is 1. The van der Waals surface area contributed by atoms with E-state index in [1.54, 1.807) is 0 Å². The quantitative estimate of drug-likeness (QED) is 0.864. The molecule has 0 saturated heterocycles. The molecule has 0 radical (unpaired) electrons. The SMILES string of the molecule is CC(C)c1c2c(cc(Br)c1C(=O)CCN)OCCO2. The molecule has 2 N–H and O–H groups in total. The van der Waals surface area contributed by atoms with Crippen LogP contribution in [0.1, 0.15) is 42.1 Å². The molecule has 1 aromatic rings. The minimum absolute atomic E-state index is 0.0371. The number of benzene rings is 1. The summed E-state index contributed by atoms with van der Waals surface area (Å²) in [4.78, 5) is 12.3. The molecule has 0 bridgehead atoms. The lowest BCUT2D eigenvalue weighted by Crippen LogP contribution is -2.20. The van der Waals surface area contributed by atoms with Crippen molar-refractivity contribution in [1.82, 2.24) is 0 Å². The molecule has 0 aliphatic carbocycles. The highest BCUT2D eigenvalue weighted by Gasteiger charge is 2.26. The van der Waals surface area contributed by atoms with Crippen molar-refractivity contribution in [3.63, 3.8) is 0 Å². The van der Waals surface area contributed by atoms with Crippen LogP contribution in [0.25, 0.3) is 0 Å². The van der Waals surface area contributed by atoms with E-state index in [4.69, 9.17) is 15.2 Å². The van der Waals surface area contributed by atoms with Crippen molar-refractivity contribution >= 4 is 21.7 Å². The first-order chi connectivity index (χ1) is 9.06. The average molecular weight is 328 g/mol. The fraction of sp³-hybridized carbons (Fsp3) is 0.500. The minimum Gasteiger partial charge on any atom is -0.486 e. The number of hydrogen-bond acceptors (Lipinski definition) is 4. The predicted octanol–water partition coefficient (Wildman–Crippen LogP) is 2.88. The Bertz CT molecular complexity index is 500. The molecule has 0 atom stereocenters. The second-order valence-electron chi connectivity index (χ2n) is 4.79. The molecule has 1 heterocycles. The van der Waals surface area contributed by atoms with Crippen molar-refractivity contribution in [1.29, 1.82) is 0 Å². The molecular formula is C14H18BrNO3. The molecular weight excluding hydrogens is 310 g/mol. The van der Waals surface area contributed by atoms with Gasteiger partial charge in [0.15, 0.2) is 17.3 Å². The lowest BCUT2D eigenvalue weighted by Gasteiger charge is -2.25. The molecule has 4 nitrogen and oxygen atoms in total. The van der Waals surface area contributed by atoms with E-state index in [2.05, 4.69) is 15.9 Å². The molecule has 0 fully saturated rings. The number of rotatable bonds is 4. The fourth-order valence-corrected chi connectivity index (χ4v) is 2.91. The van der Waals surface area contributed by atoms with Gasteiger partial charge in [-0.15, -0.1) is 0 Å². The van der Waals surface area contributed by atoms with Crippen LogP contribution < -0.4 is 15.2 Å². The zero-order valence-corrected chi connectivity index (χ0v) is 12.7. The number of carbonyl (C=O) groups excluding carboxylic acids is 1. The number of halogens is 1. The van der Waals surface area contributed by atoms with Crippen molar-refractivity contribution < 1.29 is 14.3 Å². The number of nitrogens with two attached hydrogens (primary N) is 1. The largest absolute Gasteiger partial charge is 0.486 e. The van der Waals surface area contributed by atoms with Crippen LogP contribution in [0.3, 0.4) is 0 Å². The van der Waals surface area contributed by atoms with Gasteiger partial charge in [0.2, 0.25) is 0 Å². The fourth-order valence-electron chi connectivity index (χ4n) is 2.27. The number of carbonyl (C=O) groups is 1. The van der Waals surface area contributed by atoms with Gasteiger partial charge in [-0.05, 0) is 34.5 Å². The van der Waals surface area contributed by atoms with Crippen LogP contribution in [0.15, 0.2) is 10.5 Å². The normalized spacial score (nSPS) is 13.7. The number of Topliss-reactive ketones (excluding diaryl/α,β-unsaturated/α-hetero) is 1. The van der Waals surface area contributed by atoms with Crippen LogP contribution in [-0.2, 0) is 0 Å². The summed E-state index contributed by atoms with van der Waals surface area (Å²) < 4.78 is 12.1. The monoisotopic (exact) mass is 327 g/mol. The van der Waals surface area contributed by atoms with Crippen LogP contribution in [-0.4, -0.2) is 25.5 Å². The summed E-state index contributed by atoms with van der Waals surface area (Å²) in [6.07, 6.45) is 0.331. The summed E-state index contributed by atoms with van der Waals surface area (Å²) in [5.41, 5.74) is 7.06. The van der Waals surface area contributed by atoms with Crippen molar-refractivity contribution in [3.05, 3.63) is 21.7 Å². The first-order valence-electron chi connectivity index (χ1n) is 6.41. The van der Waals surface area contributed by atoms with E-state index in [0.717, 1.165) is 10.0 Å². The molecule has 104 valence electrons. The highest BCUT2D eigenvalue weighted by atomic mass is 79.9. The molecule has 19 heavy (non-hydrogen) atoms. The average Bonchev–Trinajstić information content (AvgIpc) is 2.37. The maximum absolute atomic E-state index is 12.3.